The highest BCUT2D eigenvalue weighted by molar-refractivity contribution is 14.0. The standard InChI is InChI=1S/C18H28N4O3S.HI/c1-4-25-17(24)14-7-5-9-22(13-14)18(20-12-16(23)21(2)3)19-11-15-8-6-10-26-15;/h6,8,10,14H,4-5,7,9,11-13H2,1-3H3,(H,19,20);1H. The maximum Gasteiger partial charge on any atom is 0.310 e. The molecule has 1 aromatic heterocycles. The highest BCUT2D eigenvalue weighted by atomic mass is 127. The lowest BCUT2D eigenvalue weighted by Gasteiger charge is -2.34. The second-order valence-corrected chi connectivity index (χ2v) is 7.43. The quantitative estimate of drug-likeness (QED) is 0.276. The number of esters is 1. The largest absolute Gasteiger partial charge is 0.466 e. The fourth-order valence-corrected chi connectivity index (χ4v) is 3.40. The van der Waals surface area contributed by atoms with Crippen LogP contribution in [0.25, 0.3) is 0 Å². The van der Waals surface area contributed by atoms with Gasteiger partial charge in [0, 0.05) is 32.1 Å². The summed E-state index contributed by atoms with van der Waals surface area (Å²) in [5.74, 6) is 0.308. The van der Waals surface area contributed by atoms with Crippen molar-refractivity contribution in [2.75, 3.05) is 40.3 Å². The number of halogens is 1. The molecule has 2 heterocycles. The highest BCUT2D eigenvalue weighted by Gasteiger charge is 2.28. The summed E-state index contributed by atoms with van der Waals surface area (Å²) in [4.78, 5) is 33.3. The molecule has 0 aliphatic carbocycles. The van der Waals surface area contributed by atoms with Gasteiger partial charge in [-0.3, -0.25) is 9.59 Å². The average molecular weight is 508 g/mol. The number of guanidine groups is 1. The van der Waals surface area contributed by atoms with Crippen LogP contribution in [0.15, 0.2) is 22.5 Å². The minimum Gasteiger partial charge on any atom is -0.466 e. The summed E-state index contributed by atoms with van der Waals surface area (Å²) < 4.78 is 5.17. The van der Waals surface area contributed by atoms with Gasteiger partial charge < -0.3 is 19.9 Å². The fraction of sp³-hybridized carbons (Fsp3) is 0.611. The zero-order chi connectivity index (χ0) is 18.9. The number of rotatable bonds is 6. The van der Waals surface area contributed by atoms with E-state index in [2.05, 4.69) is 21.3 Å². The van der Waals surface area contributed by atoms with Gasteiger partial charge in [-0.1, -0.05) is 6.07 Å². The van der Waals surface area contributed by atoms with E-state index in [0.717, 1.165) is 19.4 Å². The van der Waals surface area contributed by atoms with E-state index < -0.39 is 0 Å². The number of likely N-dealkylation sites (tertiary alicyclic amines) is 1. The van der Waals surface area contributed by atoms with Crippen LogP contribution < -0.4 is 5.32 Å². The monoisotopic (exact) mass is 508 g/mol. The molecule has 0 bridgehead atoms. The molecule has 1 saturated heterocycles. The number of thiophene rings is 1. The second-order valence-electron chi connectivity index (χ2n) is 6.40. The van der Waals surface area contributed by atoms with Crippen LogP contribution in [-0.4, -0.2) is 68.0 Å². The molecule has 1 atom stereocenters. The Labute approximate surface area is 182 Å². The third-order valence-electron chi connectivity index (χ3n) is 4.20. The summed E-state index contributed by atoms with van der Waals surface area (Å²) in [6.07, 6.45) is 1.72. The smallest absolute Gasteiger partial charge is 0.310 e. The van der Waals surface area contributed by atoms with Crippen LogP contribution in [0.5, 0.6) is 0 Å². The lowest BCUT2D eigenvalue weighted by molar-refractivity contribution is -0.149. The Morgan fingerprint density at radius 3 is 2.85 bits per heavy atom. The van der Waals surface area contributed by atoms with Crippen molar-refractivity contribution in [2.45, 2.75) is 26.3 Å². The van der Waals surface area contributed by atoms with Crippen molar-refractivity contribution in [2.24, 2.45) is 10.9 Å². The molecule has 1 fully saturated rings. The first-order valence-electron chi connectivity index (χ1n) is 8.93. The van der Waals surface area contributed by atoms with Crippen molar-refractivity contribution in [3.05, 3.63) is 22.4 Å². The molecular formula is C18H29IN4O3S. The molecule has 1 unspecified atom stereocenters. The van der Waals surface area contributed by atoms with Crippen molar-refractivity contribution in [3.8, 4) is 0 Å². The Bertz CT molecular complexity index is 622. The van der Waals surface area contributed by atoms with E-state index >= 15 is 0 Å². The van der Waals surface area contributed by atoms with Crippen LogP contribution in [0.2, 0.25) is 0 Å². The first kappa shape index (κ1) is 23.7. The maximum absolute atomic E-state index is 12.1. The summed E-state index contributed by atoms with van der Waals surface area (Å²) in [5.41, 5.74) is 0. The molecule has 9 heteroatoms. The molecule has 1 aliphatic rings. The summed E-state index contributed by atoms with van der Waals surface area (Å²) in [6, 6.07) is 4.06. The number of carbonyl (C=O) groups is 2. The second kappa shape index (κ2) is 12.2. The molecule has 0 spiro atoms. The van der Waals surface area contributed by atoms with Gasteiger partial charge in [0.2, 0.25) is 5.91 Å². The van der Waals surface area contributed by atoms with E-state index in [4.69, 9.17) is 4.74 Å². The SMILES string of the molecule is CCOC(=O)C1CCCN(C(=NCC(=O)N(C)C)NCc2cccs2)C1.I. The molecule has 0 aromatic carbocycles. The van der Waals surface area contributed by atoms with E-state index in [1.165, 1.54) is 9.78 Å². The third-order valence-corrected chi connectivity index (χ3v) is 5.08. The number of hydrogen-bond donors (Lipinski definition) is 1. The predicted octanol–water partition coefficient (Wildman–Crippen LogP) is 2.18. The van der Waals surface area contributed by atoms with Crippen molar-refractivity contribution < 1.29 is 14.3 Å². The van der Waals surface area contributed by atoms with E-state index in [-0.39, 0.29) is 48.3 Å². The van der Waals surface area contributed by atoms with E-state index in [9.17, 15) is 9.59 Å². The number of amides is 1. The molecule has 27 heavy (non-hydrogen) atoms. The van der Waals surface area contributed by atoms with Gasteiger partial charge in [0.1, 0.15) is 6.54 Å². The number of piperidine rings is 1. The van der Waals surface area contributed by atoms with Crippen LogP contribution in [0.1, 0.15) is 24.6 Å². The Balaban J connectivity index is 0.00000364. The van der Waals surface area contributed by atoms with Crippen LogP contribution >= 0.6 is 35.3 Å². The Morgan fingerprint density at radius 1 is 1.44 bits per heavy atom. The minimum absolute atomic E-state index is 0. The van der Waals surface area contributed by atoms with E-state index in [0.29, 0.717) is 25.7 Å². The van der Waals surface area contributed by atoms with Gasteiger partial charge in [-0.2, -0.15) is 0 Å². The molecule has 1 aromatic rings. The van der Waals surface area contributed by atoms with Crippen LogP contribution in [0.4, 0.5) is 0 Å². The van der Waals surface area contributed by atoms with Crippen LogP contribution in [0, 0.1) is 5.92 Å². The van der Waals surface area contributed by atoms with Gasteiger partial charge in [-0.15, -0.1) is 35.3 Å². The molecule has 7 nitrogen and oxygen atoms in total. The Morgan fingerprint density at radius 2 is 2.22 bits per heavy atom. The lowest BCUT2D eigenvalue weighted by Crippen LogP contribution is -2.48. The predicted molar refractivity (Wildman–Crippen MR) is 118 cm³/mol. The van der Waals surface area contributed by atoms with Crippen LogP contribution in [0.3, 0.4) is 0 Å². The molecule has 1 aliphatic heterocycles. The lowest BCUT2D eigenvalue weighted by atomic mass is 9.98. The number of carbonyl (C=O) groups excluding carboxylic acids is 2. The zero-order valence-corrected chi connectivity index (χ0v) is 19.3. The van der Waals surface area contributed by atoms with E-state index in [1.54, 1.807) is 25.4 Å². The molecule has 1 N–H and O–H groups in total. The topological polar surface area (TPSA) is 74.2 Å². The van der Waals surface area contributed by atoms with Gasteiger partial charge in [0.05, 0.1) is 19.1 Å². The molecule has 152 valence electrons. The van der Waals surface area contributed by atoms with Crippen LogP contribution in [-0.2, 0) is 20.9 Å². The first-order chi connectivity index (χ1) is 12.5. The van der Waals surface area contributed by atoms with E-state index in [1.807, 2.05) is 18.4 Å². The first-order valence-corrected chi connectivity index (χ1v) is 9.81. The summed E-state index contributed by atoms with van der Waals surface area (Å²) in [5, 5.41) is 5.37. The molecular weight excluding hydrogens is 479 g/mol. The summed E-state index contributed by atoms with van der Waals surface area (Å²) >= 11 is 1.67. The molecule has 0 saturated carbocycles. The highest BCUT2D eigenvalue weighted by Crippen LogP contribution is 2.18. The third kappa shape index (κ3) is 7.65. The van der Waals surface area contributed by atoms with Gasteiger partial charge in [0.15, 0.2) is 5.96 Å². The molecule has 0 radical (unpaired) electrons. The Hall–Kier alpha value is -1.36. The molecule has 2 rings (SSSR count). The van der Waals surface area contributed by atoms with Crippen molar-refractivity contribution in [3.63, 3.8) is 0 Å². The Kier molecular flexibility index (Phi) is 10.7. The summed E-state index contributed by atoms with van der Waals surface area (Å²) in [7, 11) is 3.43. The minimum atomic E-state index is -0.154. The number of likely N-dealkylation sites (N-methyl/N-ethyl adjacent to an activating group) is 1. The number of hydrogen-bond acceptors (Lipinski definition) is 5. The van der Waals surface area contributed by atoms with Gasteiger partial charge in [0.25, 0.3) is 0 Å². The number of nitrogens with one attached hydrogen (secondary N) is 1. The number of aliphatic imine (C=N–C) groups is 1. The van der Waals surface area contributed by atoms with Crippen molar-refractivity contribution in [1.82, 2.24) is 15.1 Å². The van der Waals surface area contributed by atoms with Gasteiger partial charge in [-0.05, 0) is 31.2 Å². The van der Waals surface area contributed by atoms with Gasteiger partial charge in [-0.25, -0.2) is 4.99 Å². The molecule has 1 amide bonds. The van der Waals surface area contributed by atoms with Gasteiger partial charge >= 0.3 is 5.97 Å². The average Bonchev–Trinajstić information content (AvgIpc) is 3.15. The van der Waals surface area contributed by atoms with Crippen molar-refractivity contribution >= 4 is 53.1 Å². The maximum atomic E-state index is 12.1. The fourth-order valence-electron chi connectivity index (χ4n) is 2.75. The zero-order valence-electron chi connectivity index (χ0n) is 16.1. The normalized spacial score (nSPS) is 17.1. The number of nitrogens with zero attached hydrogens (tertiary/aromatic N) is 3. The van der Waals surface area contributed by atoms with Crippen molar-refractivity contribution in [1.29, 1.82) is 0 Å². The summed E-state index contributed by atoms with van der Waals surface area (Å²) in [6.45, 7) is 4.31. The number of ether oxygens (including phenoxy) is 1.